The molecule has 0 bridgehead atoms. The Bertz CT molecular complexity index is 813. The van der Waals surface area contributed by atoms with E-state index in [-0.39, 0.29) is 6.04 Å². The standard InChI is InChI=1S/C21H23N3O/c1-4-16-11-19(13-22-12-16)18-7-10-21(23-14-18)24-15(2)17-5-8-20(25-3)9-6-17/h5-15H,4H2,1-3H3,(H,23,24). The fourth-order valence-corrected chi connectivity index (χ4v) is 2.69. The van der Waals surface area contributed by atoms with E-state index < -0.39 is 0 Å². The van der Waals surface area contributed by atoms with Gasteiger partial charge in [-0.25, -0.2) is 4.98 Å². The molecule has 0 aliphatic heterocycles. The highest BCUT2D eigenvalue weighted by Gasteiger charge is 2.07. The largest absolute Gasteiger partial charge is 0.497 e. The third kappa shape index (κ3) is 4.15. The van der Waals surface area contributed by atoms with E-state index in [4.69, 9.17) is 4.74 Å². The average molecular weight is 333 g/mol. The summed E-state index contributed by atoms with van der Waals surface area (Å²) in [6.45, 7) is 4.25. The predicted molar refractivity (Wildman–Crippen MR) is 102 cm³/mol. The molecule has 25 heavy (non-hydrogen) atoms. The summed E-state index contributed by atoms with van der Waals surface area (Å²) in [6, 6.07) is 14.5. The van der Waals surface area contributed by atoms with Gasteiger partial charge in [0.25, 0.3) is 0 Å². The lowest BCUT2D eigenvalue weighted by Gasteiger charge is -2.15. The number of pyridine rings is 2. The molecule has 128 valence electrons. The zero-order chi connectivity index (χ0) is 17.6. The van der Waals surface area contributed by atoms with Gasteiger partial charge in [0.15, 0.2) is 0 Å². The van der Waals surface area contributed by atoms with E-state index >= 15 is 0 Å². The lowest BCUT2D eigenvalue weighted by atomic mass is 10.1. The maximum atomic E-state index is 5.20. The van der Waals surface area contributed by atoms with Gasteiger partial charge in [-0.05, 0) is 54.8 Å². The second-order valence-electron chi connectivity index (χ2n) is 6.01. The number of ether oxygens (including phenoxy) is 1. The van der Waals surface area contributed by atoms with Crippen molar-refractivity contribution >= 4 is 5.82 Å². The number of aromatic nitrogens is 2. The number of hydrogen-bond acceptors (Lipinski definition) is 4. The molecule has 0 saturated carbocycles. The van der Waals surface area contributed by atoms with Crippen molar-refractivity contribution in [3.8, 4) is 16.9 Å². The number of benzene rings is 1. The summed E-state index contributed by atoms with van der Waals surface area (Å²) in [4.78, 5) is 8.85. The first-order chi connectivity index (χ1) is 12.2. The van der Waals surface area contributed by atoms with E-state index in [0.717, 1.165) is 29.1 Å². The quantitative estimate of drug-likeness (QED) is 0.698. The van der Waals surface area contributed by atoms with Gasteiger partial charge < -0.3 is 10.1 Å². The van der Waals surface area contributed by atoms with E-state index in [2.05, 4.69) is 53.4 Å². The zero-order valence-corrected chi connectivity index (χ0v) is 14.9. The van der Waals surface area contributed by atoms with Crippen LogP contribution in [0.15, 0.2) is 61.1 Å². The molecule has 0 aliphatic rings. The molecule has 0 saturated heterocycles. The zero-order valence-electron chi connectivity index (χ0n) is 14.9. The van der Waals surface area contributed by atoms with Crippen molar-refractivity contribution in [2.24, 2.45) is 0 Å². The van der Waals surface area contributed by atoms with Crippen molar-refractivity contribution in [3.05, 3.63) is 72.2 Å². The minimum atomic E-state index is 0.161. The lowest BCUT2D eigenvalue weighted by molar-refractivity contribution is 0.414. The number of nitrogens with one attached hydrogen (secondary N) is 1. The number of anilines is 1. The summed E-state index contributed by atoms with van der Waals surface area (Å²) in [5.41, 5.74) is 4.59. The molecule has 3 aromatic rings. The van der Waals surface area contributed by atoms with Gasteiger partial charge in [0.05, 0.1) is 7.11 Å². The van der Waals surface area contributed by atoms with Gasteiger partial charge in [-0.3, -0.25) is 4.98 Å². The first-order valence-corrected chi connectivity index (χ1v) is 8.50. The molecule has 0 spiro atoms. The summed E-state index contributed by atoms with van der Waals surface area (Å²) in [7, 11) is 1.67. The minimum Gasteiger partial charge on any atom is -0.497 e. The molecule has 0 amide bonds. The maximum Gasteiger partial charge on any atom is 0.126 e. The lowest BCUT2D eigenvalue weighted by Crippen LogP contribution is -2.07. The maximum absolute atomic E-state index is 5.20. The molecule has 1 atom stereocenters. The first kappa shape index (κ1) is 17.0. The number of rotatable bonds is 6. The molecular formula is C21H23N3O. The third-order valence-electron chi connectivity index (χ3n) is 4.28. The fraction of sp³-hybridized carbons (Fsp3) is 0.238. The van der Waals surface area contributed by atoms with Crippen LogP contribution in [0, 0.1) is 0 Å². The Morgan fingerprint density at radius 3 is 2.44 bits per heavy atom. The van der Waals surface area contributed by atoms with Gasteiger partial charge in [-0.15, -0.1) is 0 Å². The van der Waals surface area contributed by atoms with E-state index in [1.165, 1.54) is 11.1 Å². The Hall–Kier alpha value is -2.88. The Morgan fingerprint density at radius 2 is 1.80 bits per heavy atom. The molecule has 4 nitrogen and oxygen atoms in total. The molecule has 1 aromatic carbocycles. The van der Waals surface area contributed by atoms with Crippen LogP contribution in [0.3, 0.4) is 0 Å². The van der Waals surface area contributed by atoms with Gasteiger partial charge in [-0.1, -0.05) is 19.1 Å². The molecule has 1 N–H and O–H groups in total. The van der Waals surface area contributed by atoms with Crippen LogP contribution in [0.2, 0.25) is 0 Å². The average Bonchev–Trinajstić information content (AvgIpc) is 2.68. The molecule has 0 aliphatic carbocycles. The minimum absolute atomic E-state index is 0.161. The van der Waals surface area contributed by atoms with Crippen LogP contribution in [0.25, 0.3) is 11.1 Å². The monoisotopic (exact) mass is 333 g/mol. The van der Waals surface area contributed by atoms with E-state index in [9.17, 15) is 0 Å². The Labute approximate surface area is 148 Å². The van der Waals surface area contributed by atoms with Crippen molar-refractivity contribution in [1.29, 1.82) is 0 Å². The van der Waals surface area contributed by atoms with E-state index in [1.54, 1.807) is 7.11 Å². The van der Waals surface area contributed by atoms with Crippen molar-refractivity contribution in [1.82, 2.24) is 9.97 Å². The second-order valence-corrected chi connectivity index (χ2v) is 6.01. The van der Waals surface area contributed by atoms with Gasteiger partial charge in [0.2, 0.25) is 0 Å². The summed E-state index contributed by atoms with van der Waals surface area (Å²) in [6.07, 6.45) is 6.65. The van der Waals surface area contributed by atoms with Crippen LogP contribution in [0.5, 0.6) is 5.75 Å². The SMILES string of the molecule is CCc1cncc(-c2ccc(NC(C)c3ccc(OC)cc3)nc2)c1. The van der Waals surface area contributed by atoms with Crippen LogP contribution in [0.1, 0.15) is 31.0 Å². The highest BCUT2D eigenvalue weighted by molar-refractivity contribution is 5.63. The molecule has 1 unspecified atom stereocenters. The van der Waals surface area contributed by atoms with Crippen LogP contribution in [-0.4, -0.2) is 17.1 Å². The van der Waals surface area contributed by atoms with E-state index in [0.29, 0.717) is 0 Å². The van der Waals surface area contributed by atoms with Gasteiger partial charge in [0, 0.05) is 35.8 Å². The number of aryl methyl sites for hydroxylation is 1. The first-order valence-electron chi connectivity index (χ1n) is 8.50. The van der Waals surface area contributed by atoms with Crippen molar-refractivity contribution in [3.63, 3.8) is 0 Å². The third-order valence-corrected chi connectivity index (χ3v) is 4.28. The Balaban J connectivity index is 1.71. The van der Waals surface area contributed by atoms with Gasteiger partial charge >= 0.3 is 0 Å². The molecular weight excluding hydrogens is 310 g/mol. The molecule has 2 aromatic heterocycles. The van der Waals surface area contributed by atoms with Crippen LogP contribution >= 0.6 is 0 Å². The van der Waals surface area contributed by atoms with Crippen LogP contribution in [-0.2, 0) is 6.42 Å². The van der Waals surface area contributed by atoms with Crippen LogP contribution < -0.4 is 10.1 Å². The summed E-state index contributed by atoms with van der Waals surface area (Å²) in [5.74, 6) is 1.72. The van der Waals surface area contributed by atoms with Gasteiger partial charge in [0.1, 0.15) is 11.6 Å². The topological polar surface area (TPSA) is 47.0 Å². The Morgan fingerprint density at radius 1 is 1.00 bits per heavy atom. The molecule has 4 heteroatoms. The normalized spacial score (nSPS) is 11.8. The molecule has 3 rings (SSSR count). The fourth-order valence-electron chi connectivity index (χ4n) is 2.69. The summed E-state index contributed by atoms with van der Waals surface area (Å²) in [5, 5.41) is 3.43. The van der Waals surface area contributed by atoms with Gasteiger partial charge in [-0.2, -0.15) is 0 Å². The number of hydrogen-bond donors (Lipinski definition) is 1. The van der Waals surface area contributed by atoms with Crippen molar-refractivity contribution < 1.29 is 4.74 Å². The summed E-state index contributed by atoms with van der Waals surface area (Å²) < 4.78 is 5.20. The van der Waals surface area contributed by atoms with Crippen LogP contribution in [0.4, 0.5) is 5.82 Å². The Kier molecular flexibility index (Phi) is 5.29. The molecule has 0 radical (unpaired) electrons. The number of nitrogens with zero attached hydrogens (tertiary/aromatic N) is 2. The predicted octanol–water partition coefficient (Wildman–Crippen LogP) is 4.89. The second kappa shape index (κ2) is 7.79. The molecule has 2 heterocycles. The molecule has 0 fully saturated rings. The van der Waals surface area contributed by atoms with Crippen molar-refractivity contribution in [2.45, 2.75) is 26.3 Å². The smallest absolute Gasteiger partial charge is 0.126 e. The highest BCUT2D eigenvalue weighted by atomic mass is 16.5. The van der Waals surface area contributed by atoms with Crippen molar-refractivity contribution in [2.75, 3.05) is 12.4 Å². The highest BCUT2D eigenvalue weighted by Crippen LogP contribution is 2.23. The summed E-state index contributed by atoms with van der Waals surface area (Å²) >= 11 is 0. The number of methoxy groups -OCH3 is 1. The van der Waals surface area contributed by atoms with E-state index in [1.807, 2.05) is 36.8 Å².